The van der Waals surface area contributed by atoms with E-state index in [0.29, 0.717) is 16.4 Å². The lowest BCUT2D eigenvalue weighted by Crippen LogP contribution is -2.40. The lowest BCUT2D eigenvalue weighted by Gasteiger charge is -2.32. The van der Waals surface area contributed by atoms with E-state index >= 15 is 0 Å². The fraction of sp³-hybridized carbons (Fsp3) is 0.526. The van der Waals surface area contributed by atoms with Crippen molar-refractivity contribution in [2.24, 2.45) is 11.3 Å². The summed E-state index contributed by atoms with van der Waals surface area (Å²) in [7, 11) is 0. The molecule has 4 rings (SSSR count). The maximum Gasteiger partial charge on any atom is 0.335 e. The van der Waals surface area contributed by atoms with Crippen molar-refractivity contribution in [1.29, 1.82) is 0 Å². The zero-order valence-electron chi connectivity index (χ0n) is 15.4. The zero-order valence-corrected chi connectivity index (χ0v) is 16.2. The van der Waals surface area contributed by atoms with Gasteiger partial charge in [-0.3, -0.25) is 4.79 Å². The minimum absolute atomic E-state index is 0.0766. The third kappa shape index (κ3) is 3.16. The van der Waals surface area contributed by atoms with Crippen molar-refractivity contribution in [2.45, 2.75) is 45.8 Å². The van der Waals surface area contributed by atoms with Crippen LogP contribution in [0.25, 0.3) is 10.2 Å². The third-order valence-electron chi connectivity index (χ3n) is 5.28. The molecule has 0 radical (unpaired) electrons. The number of carboxylic acid groups (broad SMARTS) is 1. The van der Waals surface area contributed by atoms with Gasteiger partial charge in [0, 0.05) is 24.9 Å². The molecule has 1 aromatic carbocycles. The normalized spacial score (nSPS) is 24.6. The largest absolute Gasteiger partial charge is 0.478 e. The Hall–Kier alpha value is -2.22. The van der Waals surface area contributed by atoms with Crippen LogP contribution >= 0.6 is 11.3 Å². The second-order valence-corrected chi connectivity index (χ2v) is 9.35. The van der Waals surface area contributed by atoms with Gasteiger partial charge in [0.2, 0.25) is 0 Å². The van der Waals surface area contributed by atoms with E-state index in [1.165, 1.54) is 17.4 Å². The molecule has 1 N–H and O–H groups in total. The first-order valence-corrected chi connectivity index (χ1v) is 9.76. The van der Waals surface area contributed by atoms with E-state index in [1.807, 2.05) is 20.8 Å². The molecule has 6 nitrogen and oxygen atoms in total. The molecule has 1 aliphatic carbocycles. The number of carbonyl (C=O) groups excluding carboxylic acids is 1. The fourth-order valence-corrected chi connectivity index (χ4v) is 4.92. The summed E-state index contributed by atoms with van der Waals surface area (Å²) >= 11 is 1.30. The predicted octanol–water partition coefficient (Wildman–Crippen LogP) is 3.69. The number of esters is 1. The van der Waals surface area contributed by atoms with Crippen LogP contribution in [0.1, 0.15) is 44.0 Å². The lowest BCUT2D eigenvalue weighted by atomic mass is 9.97. The molecule has 0 unspecified atom stereocenters. The number of fused-ring (bicyclic) bond motifs is 3. The van der Waals surface area contributed by atoms with Gasteiger partial charge in [-0.2, -0.15) is 0 Å². The quantitative estimate of drug-likeness (QED) is 0.803. The Morgan fingerprint density at radius 2 is 2.07 bits per heavy atom. The van der Waals surface area contributed by atoms with Crippen LogP contribution in [0.5, 0.6) is 0 Å². The number of hydrogen-bond acceptors (Lipinski definition) is 6. The van der Waals surface area contributed by atoms with Crippen LogP contribution < -0.4 is 4.90 Å². The fourth-order valence-electron chi connectivity index (χ4n) is 3.82. The first-order valence-electron chi connectivity index (χ1n) is 8.94. The topological polar surface area (TPSA) is 79.7 Å². The van der Waals surface area contributed by atoms with E-state index in [0.717, 1.165) is 18.9 Å². The average Bonchev–Trinajstić information content (AvgIpc) is 3.26. The maximum atomic E-state index is 14.2. The van der Waals surface area contributed by atoms with Crippen molar-refractivity contribution in [3.8, 4) is 0 Å². The first-order chi connectivity index (χ1) is 12.6. The summed E-state index contributed by atoms with van der Waals surface area (Å²) in [4.78, 5) is 29.8. The van der Waals surface area contributed by atoms with Crippen LogP contribution in [0.2, 0.25) is 0 Å². The summed E-state index contributed by atoms with van der Waals surface area (Å²) in [5.41, 5.74) is -0.390. The van der Waals surface area contributed by atoms with E-state index in [-0.39, 0.29) is 35.1 Å². The first kappa shape index (κ1) is 18.2. The van der Waals surface area contributed by atoms with Crippen LogP contribution in [0.4, 0.5) is 9.52 Å². The number of hydrogen-bond donors (Lipinski definition) is 1. The Balaban J connectivity index is 1.53. The number of benzene rings is 1. The van der Waals surface area contributed by atoms with Gasteiger partial charge >= 0.3 is 11.9 Å². The molecule has 27 heavy (non-hydrogen) atoms. The highest BCUT2D eigenvalue weighted by Gasteiger charge is 2.48. The van der Waals surface area contributed by atoms with E-state index in [4.69, 9.17) is 9.84 Å². The summed E-state index contributed by atoms with van der Waals surface area (Å²) < 4.78 is 20.5. The Bertz CT molecular complexity index is 936. The van der Waals surface area contributed by atoms with Crippen LogP contribution in [0.15, 0.2) is 12.1 Å². The van der Waals surface area contributed by atoms with Gasteiger partial charge in [-0.05, 0) is 39.3 Å². The van der Waals surface area contributed by atoms with Gasteiger partial charge in [0.25, 0.3) is 0 Å². The van der Waals surface area contributed by atoms with Crippen molar-refractivity contribution >= 4 is 38.6 Å². The van der Waals surface area contributed by atoms with Crippen LogP contribution in [-0.4, -0.2) is 40.7 Å². The van der Waals surface area contributed by atoms with E-state index in [2.05, 4.69) is 9.88 Å². The number of carboxylic acids is 1. The highest BCUT2D eigenvalue weighted by atomic mass is 32.1. The number of aromatic nitrogens is 1. The van der Waals surface area contributed by atoms with Gasteiger partial charge in [-0.15, -0.1) is 0 Å². The summed E-state index contributed by atoms with van der Waals surface area (Å²) in [6.07, 6.45) is 1.58. The highest BCUT2D eigenvalue weighted by molar-refractivity contribution is 7.22. The highest BCUT2D eigenvalue weighted by Crippen LogP contribution is 2.44. The molecule has 2 aromatic rings. The van der Waals surface area contributed by atoms with Crippen LogP contribution in [0.3, 0.4) is 0 Å². The number of anilines is 1. The number of piperidine rings is 1. The number of halogens is 1. The van der Waals surface area contributed by atoms with Gasteiger partial charge in [0.1, 0.15) is 11.6 Å². The van der Waals surface area contributed by atoms with Crippen molar-refractivity contribution < 1.29 is 23.8 Å². The number of nitrogens with zero attached hydrogens (tertiary/aromatic N) is 2. The minimum Gasteiger partial charge on any atom is -0.478 e. The smallest absolute Gasteiger partial charge is 0.335 e. The summed E-state index contributed by atoms with van der Waals surface area (Å²) in [6.45, 7) is 6.24. The predicted molar refractivity (Wildman–Crippen MR) is 99.7 cm³/mol. The van der Waals surface area contributed by atoms with Crippen molar-refractivity contribution in [2.75, 3.05) is 11.4 Å². The van der Waals surface area contributed by atoms with E-state index in [9.17, 15) is 14.0 Å². The maximum absolute atomic E-state index is 14.2. The van der Waals surface area contributed by atoms with Crippen molar-refractivity contribution in [3.63, 3.8) is 0 Å². The molecule has 0 spiro atoms. The number of ether oxygens (including phenoxy) is 1. The molecule has 0 amide bonds. The standard InChI is InChI=1S/C19H21FN2O4S/c1-19(2,3)17(25)26-13-7-11-4-10(13)8-22(11)18-21-15-12(20)5-9(16(23)24)6-14(15)27-18/h5-6,10-11,13H,4,7-8H2,1-3H3,(H,23,24)/t10-,11-,13+/m0/s1. The lowest BCUT2D eigenvalue weighted by molar-refractivity contribution is -0.160. The monoisotopic (exact) mass is 392 g/mol. The van der Waals surface area contributed by atoms with Crippen molar-refractivity contribution in [1.82, 2.24) is 4.98 Å². The molecule has 144 valence electrons. The molecule has 3 atom stereocenters. The summed E-state index contributed by atoms with van der Waals surface area (Å²) in [6, 6.07) is 2.67. The van der Waals surface area contributed by atoms with E-state index < -0.39 is 17.2 Å². The second-order valence-electron chi connectivity index (χ2n) is 8.34. The molecule has 1 saturated carbocycles. The molecule has 2 bridgehead atoms. The van der Waals surface area contributed by atoms with Gasteiger partial charge < -0.3 is 14.7 Å². The molecular formula is C19H21FN2O4S. The number of carbonyl (C=O) groups is 2. The molecule has 1 aliphatic heterocycles. The Morgan fingerprint density at radius 3 is 2.67 bits per heavy atom. The Morgan fingerprint density at radius 1 is 1.33 bits per heavy atom. The minimum atomic E-state index is -1.16. The third-order valence-corrected chi connectivity index (χ3v) is 6.32. The van der Waals surface area contributed by atoms with Crippen molar-refractivity contribution in [3.05, 3.63) is 23.5 Å². The number of aromatic carboxylic acids is 1. The van der Waals surface area contributed by atoms with E-state index in [1.54, 1.807) is 0 Å². The SMILES string of the molecule is CC(C)(C)C(=O)O[C@@H]1C[C@@H]2C[C@H]1CN2c1nc2c(F)cc(C(=O)O)cc2s1. The average molecular weight is 392 g/mol. The molecule has 1 aromatic heterocycles. The van der Waals surface area contributed by atoms with Crippen LogP contribution in [0, 0.1) is 17.2 Å². The zero-order chi connectivity index (χ0) is 19.5. The Labute approximate surface area is 159 Å². The molecular weight excluding hydrogens is 371 g/mol. The molecule has 2 heterocycles. The van der Waals surface area contributed by atoms with Gasteiger partial charge in [-0.25, -0.2) is 14.2 Å². The van der Waals surface area contributed by atoms with Gasteiger partial charge in [0.05, 0.1) is 15.7 Å². The molecule has 8 heteroatoms. The molecule has 2 aliphatic rings. The Kier molecular flexibility index (Phi) is 4.14. The van der Waals surface area contributed by atoms with Crippen LogP contribution in [-0.2, 0) is 9.53 Å². The molecule has 1 saturated heterocycles. The van der Waals surface area contributed by atoms with Gasteiger partial charge in [0.15, 0.2) is 10.9 Å². The van der Waals surface area contributed by atoms with Gasteiger partial charge in [-0.1, -0.05) is 11.3 Å². The number of thiazole rings is 1. The summed E-state index contributed by atoms with van der Waals surface area (Å²) in [5.74, 6) is -1.72. The molecule has 2 fully saturated rings. The second kappa shape index (κ2) is 6.15. The number of rotatable bonds is 3. The summed E-state index contributed by atoms with van der Waals surface area (Å²) in [5, 5.41) is 9.79.